The molecule has 1 heterocycles. The lowest BCUT2D eigenvalue weighted by atomic mass is 10.3. The van der Waals surface area contributed by atoms with Crippen molar-refractivity contribution in [3.63, 3.8) is 0 Å². The van der Waals surface area contributed by atoms with Crippen molar-refractivity contribution in [3.8, 4) is 0 Å². The van der Waals surface area contributed by atoms with Crippen molar-refractivity contribution < 1.29 is 16.8 Å². The quantitative estimate of drug-likeness (QED) is 0.700. The van der Waals surface area contributed by atoms with Crippen LogP contribution in [0.4, 0.5) is 0 Å². The summed E-state index contributed by atoms with van der Waals surface area (Å²) < 4.78 is 52.8. The fraction of sp³-hybridized carbons (Fsp3) is 0.0556. The summed E-state index contributed by atoms with van der Waals surface area (Å²) in [6, 6.07) is 16.6. The van der Waals surface area contributed by atoms with Crippen LogP contribution in [-0.4, -0.2) is 21.8 Å². The van der Waals surface area contributed by atoms with E-state index in [9.17, 15) is 16.8 Å². The third-order valence-corrected chi connectivity index (χ3v) is 6.83. The van der Waals surface area contributed by atoms with Gasteiger partial charge in [0.1, 0.15) is 0 Å². The molecule has 3 rings (SSSR count). The van der Waals surface area contributed by atoms with Crippen molar-refractivity contribution in [2.75, 3.05) is 0 Å². The zero-order chi connectivity index (χ0) is 18.6. The first-order valence-electron chi connectivity index (χ1n) is 7.68. The molecule has 2 aromatic carbocycles. The standard InChI is InChI=1S/C18H16N2O4S2/c21-25(22,16-7-2-1-3-8-16)17-9-4-10-18(12-17)26(23,24)20-14-15-6-5-11-19-13-15/h1-13,20H,14H2. The number of sulfonamides is 1. The van der Waals surface area contributed by atoms with Crippen molar-refractivity contribution >= 4 is 19.9 Å². The minimum absolute atomic E-state index is 0.0613. The number of aromatic nitrogens is 1. The fourth-order valence-corrected chi connectivity index (χ4v) is 4.77. The molecule has 0 amide bonds. The molecule has 0 aliphatic rings. The molecule has 0 fully saturated rings. The van der Waals surface area contributed by atoms with E-state index in [-0.39, 0.29) is 21.2 Å². The van der Waals surface area contributed by atoms with Gasteiger partial charge in [-0.15, -0.1) is 0 Å². The second kappa shape index (κ2) is 7.36. The average molecular weight is 388 g/mol. The summed E-state index contributed by atoms with van der Waals surface area (Å²) in [5.41, 5.74) is 0.698. The molecule has 1 N–H and O–H groups in total. The number of pyridine rings is 1. The highest BCUT2D eigenvalue weighted by molar-refractivity contribution is 7.91. The van der Waals surface area contributed by atoms with Crippen LogP contribution in [0.1, 0.15) is 5.56 Å². The summed E-state index contributed by atoms with van der Waals surface area (Å²) >= 11 is 0. The van der Waals surface area contributed by atoms with Gasteiger partial charge in [0, 0.05) is 18.9 Å². The second-order valence-corrected chi connectivity index (χ2v) is 9.19. The minimum Gasteiger partial charge on any atom is -0.264 e. The molecular formula is C18H16N2O4S2. The van der Waals surface area contributed by atoms with Crippen molar-refractivity contribution in [1.29, 1.82) is 0 Å². The first-order chi connectivity index (χ1) is 12.4. The maximum Gasteiger partial charge on any atom is 0.240 e. The van der Waals surface area contributed by atoms with E-state index >= 15 is 0 Å². The molecule has 8 heteroatoms. The molecule has 134 valence electrons. The Bertz CT molecular complexity index is 1100. The summed E-state index contributed by atoms with van der Waals surface area (Å²) in [5.74, 6) is 0. The van der Waals surface area contributed by atoms with Gasteiger partial charge in [0.15, 0.2) is 0 Å². The number of hydrogen-bond acceptors (Lipinski definition) is 5. The molecule has 3 aromatic rings. The van der Waals surface area contributed by atoms with Crippen LogP contribution in [0, 0.1) is 0 Å². The fourth-order valence-electron chi connectivity index (χ4n) is 2.31. The highest BCUT2D eigenvalue weighted by Gasteiger charge is 2.21. The zero-order valence-electron chi connectivity index (χ0n) is 13.6. The van der Waals surface area contributed by atoms with Crippen molar-refractivity contribution in [2.45, 2.75) is 21.2 Å². The summed E-state index contributed by atoms with van der Waals surface area (Å²) in [4.78, 5) is 3.84. The Hall–Kier alpha value is -2.55. The Morgan fingerprint density at radius 2 is 1.46 bits per heavy atom. The van der Waals surface area contributed by atoms with E-state index in [0.717, 1.165) is 6.07 Å². The number of benzene rings is 2. The monoisotopic (exact) mass is 388 g/mol. The lowest BCUT2D eigenvalue weighted by Gasteiger charge is -2.09. The average Bonchev–Trinajstić information content (AvgIpc) is 2.68. The van der Waals surface area contributed by atoms with Gasteiger partial charge in [-0.25, -0.2) is 21.6 Å². The van der Waals surface area contributed by atoms with Crippen LogP contribution in [0.25, 0.3) is 0 Å². The van der Waals surface area contributed by atoms with Crippen molar-refractivity contribution in [3.05, 3.63) is 84.7 Å². The number of sulfone groups is 1. The topological polar surface area (TPSA) is 93.2 Å². The van der Waals surface area contributed by atoms with Gasteiger partial charge in [0.2, 0.25) is 19.9 Å². The number of nitrogens with one attached hydrogen (secondary N) is 1. The highest BCUT2D eigenvalue weighted by atomic mass is 32.2. The molecular weight excluding hydrogens is 372 g/mol. The molecule has 0 saturated carbocycles. The van der Waals surface area contributed by atoms with Crippen LogP contribution in [-0.2, 0) is 26.4 Å². The number of nitrogens with zero attached hydrogens (tertiary/aromatic N) is 1. The van der Waals surface area contributed by atoms with E-state index in [4.69, 9.17) is 0 Å². The molecule has 6 nitrogen and oxygen atoms in total. The van der Waals surface area contributed by atoms with Crippen LogP contribution in [0.15, 0.2) is 93.8 Å². The van der Waals surface area contributed by atoms with Crippen molar-refractivity contribution in [1.82, 2.24) is 9.71 Å². The van der Waals surface area contributed by atoms with Gasteiger partial charge in [-0.1, -0.05) is 30.3 Å². The van der Waals surface area contributed by atoms with E-state index in [1.165, 1.54) is 30.3 Å². The summed E-state index contributed by atoms with van der Waals surface area (Å²) in [6.07, 6.45) is 3.15. The van der Waals surface area contributed by atoms with Gasteiger partial charge < -0.3 is 0 Å². The lowest BCUT2D eigenvalue weighted by molar-refractivity contribution is 0.581. The Balaban J connectivity index is 1.89. The predicted molar refractivity (Wildman–Crippen MR) is 96.6 cm³/mol. The van der Waals surface area contributed by atoms with E-state index in [2.05, 4.69) is 9.71 Å². The van der Waals surface area contributed by atoms with Gasteiger partial charge in [0.25, 0.3) is 0 Å². The SMILES string of the molecule is O=S(=O)(NCc1cccnc1)c1cccc(S(=O)(=O)c2ccccc2)c1. The maximum absolute atomic E-state index is 12.7. The van der Waals surface area contributed by atoms with Gasteiger partial charge in [-0.2, -0.15) is 0 Å². The van der Waals surface area contributed by atoms with E-state index < -0.39 is 19.9 Å². The van der Waals surface area contributed by atoms with Gasteiger partial charge >= 0.3 is 0 Å². The highest BCUT2D eigenvalue weighted by Crippen LogP contribution is 2.23. The molecule has 0 atom stereocenters. The van der Waals surface area contributed by atoms with Crippen LogP contribution in [0.5, 0.6) is 0 Å². The largest absolute Gasteiger partial charge is 0.264 e. The Labute approximate surface area is 152 Å². The minimum atomic E-state index is -3.87. The van der Waals surface area contributed by atoms with Crippen LogP contribution in [0.3, 0.4) is 0 Å². The molecule has 26 heavy (non-hydrogen) atoms. The van der Waals surface area contributed by atoms with Crippen LogP contribution < -0.4 is 4.72 Å². The predicted octanol–water partition coefficient (Wildman–Crippen LogP) is 2.39. The first kappa shape index (κ1) is 18.2. The lowest BCUT2D eigenvalue weighted by Crippen LogP contribution is -2.23. The smallest absolute Gasteiger partial charge is 0.240 e. The van der Waals surface area contributed by atoms with Crippen LogP contribution >= 0.6 is 0 Å². The summed E-state index contributed by atoms with van der Waals surface area (Å²) in [6.45, 7) is 0.0613. The molecule has 0 aliphatic heterocycles. The second-order valence-electron chi connectivity index (χ2n) is 5.48. The molecule has 0 unspecified atom stereocenters. The summed E-state index contributed by atoms with van der Waals surface area (Å²) in [5, 5.41) is 0. The first-order valence-corrected chi connectivity index (χ1v) is 10.6. The maximum atomic E-state index is 12.7. The normalized spacial score (nSPS) is 12.0. The van der Waals surface area contributed by atoms with E-state index in [1.807, 2.05) is 0 Å². The Kier molecular flexibility index (Phi) is 5.17. The molecule has 0 radical (unpaired) electrons. The third kappa shape index (κ3) is 3.98. The van der Waals surface area contributed by atoms with Gasteiger partial charge in [-0.05, 0) is 42.0 Å². The van der Waals surface area contributed by atoms with Crippen molar-refractivity contribution in [2.24, 2.45) is 0 Å². The zero-order valence-corrected chi connectivity index (χ0v) is 15.2. The van der Waals surface area contributed by atoms with Crippen LogP contribution in [0.2, 0.25) is 0 Å². The Morgan fingerprint density at radius 3 is 2.15 bits per heavy atom. The molecule has 0 bridgehead atoms. The van der Waals surface area contributed by atoms with Gasteiger partial charge in [0.05, 0.1) is 14.7 Å². The summed E-state index contributed by atoms with van der Waals surface area (Å²) in [7, 11) is -7.66. The number of hydrogen-bond donors (Lipinski definition) is 1. The molecule has 0 aliphatic carbocycles. The van der Waals surface area contributed by atoms with E-state index in [1.54, 1.807) is 42.7 Å². The van der Waals surface area contributed by atoms with E-state index in [0.29, 0.717) is 5.56 Å². The molecule has 0 saturated heterocycles. The number of rotatable bonds is 6. The molecule has 1 aromatic heterocycles. The third-order valence-electron chi connectivity index (χ3n) is 3.67. The Morgan fingerprint density at radius 1 is 0.769 bits per heavy atom. The molecule has 0 spiro atoms. The van der Waals surface area contributed by atoms with Gasteiger partial charge in [-0.3, -0.25) is 4.98 Å².